The zero-order valence-electron chi connectivity index (χ0n) is 23.3. The standard InChI is InChI=1S/C33H40O2S2/c1-30(2,3)32(7)17-13-22-9-11-28(34-36)26(24(22)15-19-32)21-27-25-16-20-33(8,31(4,5)6)18-14-23(25)10-12-29(27)35-37/h9-20,36-37H,21H2,1-8H3. The first-order valence-corrected chi connectivity index (χ1v) is 13.7. The zero-order valence-corrected chi connectivity index (χ0v) is 25.1. The van der Waals surface area contributed by atoms with Crippen molar-refractivity contribution in [3.05, 3.63) is 82.0 Å². The van der Waals surface area contributed by atoms with Gasteiger partial charge in [0.05, 0.1) is 0 Å². The largest absolute Gasteiger partial charge is 0.429 e. The topological polar surface area (TPSA) is 18.5 Å². The molecular formula is C33H40O2S2. The molecule has 0 saturated carbocycles. The van der Waals surface area contributed by atoms with Gasteiger partial charge >= 0.3 is 0 Å². The predicted octanol–water partition coefficient (Wildman–Crippen LogP) is 9.91. The fourth-order valence-electron chi connectivity index (χ4n) is 4.87. The van der Waals surface area contributed by atoms with Crippen LogP contribution in [-0.2, 0) is 6.42 Å². The summed E-state index contributed by atoms with van der Waals surface area (Å²) >= 11 is 8.45. The summed E-state index contributed by atoms with van der Waals surface area (Å²) in [4.78, 5) is 0. The fourth-order valence-corrected chi connectivity index (χ4v) is 5.21. The average Bonchev–Trinajstić information content (AvgIpc) is 3.12. The second-order valence-electron chi connectivity index (χ2n) is 12.8. The predicted molar refractivity (Wildman–Crippen MR) is 166 cm³/mol. The van der Waals surface area contributed by atoms with Gasteiger partial charge in [0.25, 0.3) is 0 Å². The first-order chi connectivity index (χ1) is 17.2. The van der Waals surface area contributed by atoms with Crippen LogP contribution in [0.25, 0.3) is 24.3 Å². The molecule has 2 atom stereocenters. The number of rotatable bonds is 4. The van der Waals surface area contributed by atoms with Crippen LogP contribution in [-0.4, -0.2) is 0 Å². The second kappa shape index (κ2) is 9.78. The van der Waals surface area contributed by atoms with E-state index in [9.17, 15) is 0 Å². The van der Waals surface area contributed by atoms with Gasteiger partial charge in [-0.05, 0) is 45.2 Å². The van der Waals surface area contributed by atoms with E-state index in [0.717, 1.165) is 33.8 Å². The minimum atomic E-state index is -0.0839. The summed E-state index contributed by atoms with van der Waals surface area (Å²) in [6, 6.07) is 8.24. The first-order valence-electron chi connectivity index (χ1n) is 12.9. The number of fused-ring (bicyclic) bond motifs is 2. The van der Waals surface area contributed by atoms with Gasteiger partial charge in [-0.3, -0.25) is 0 Å². The SMILES string of the molecule is CC(C)(C)C1(C)C=Cc2ccc(OS)c(Cc3c(OS)ccc4c3C=CC(C)(C(C)(C)C)C=C4)c2C=C1. The van der Waals surface area contributed by atoms with E-state index in [2.05, 4.69) is 142 Å². The van der Waals surface area contributed by atoms with E-state index < -0.39 is 0 Å². The molecule has 0 amide bonds. The van der Waals surface area contributed by atoms with Crippen LogP contribution >= 0.6 is 25.8 Å². The molecule has 2 aliphatic rings. The summed E-state index contributed by atoms with van der Waals surface area (Å²) in [6.07, 6.45) is 18.9. The molecule has 0 radical (unpaired) electrons. The maximum atomic E-state index is 5.61. The highest BCUT2D eigenvalue weighted by Gasteiger charge is 2.35. The number of thiol groups is 2. The Morgan fingerprint density at radius 2 is 0.946 bits per heavy atom. The van der Waals surface area contributed by atoms with Gasteiger partial charge in [0.1, 0.15) is 11.5 Å². The number of hydrogen-bond donors (Lipinski definition) is 2. The van der Waals surface area contributed by atoms with Gasteiger partial charge in [-0.15, -0.1) is 0 Å². The van der Waals surface area contributed by atoms with Crippen molar-refractivity contribution in [2.75, 3.05) is 0 Å². The third kappa shape index (κ3) is 5.07. The number of hydrogen-bond acceptors (Lipinski definition) is 4. The lowest BCUT2D eigenvalue weighted by atomic mass is 9.68. The van der Waals surface area contributed by atoms with Crippen molar-refractivity contribution in [3.63, 3.8) is 0 Å². The summed E-state index contributed by atoms with van der Waals surface area (Å²) < 4.78 is 11.2. The summed E-state index contributed by atoms with van der Waals surface area (Å²) in [5, 5.41) is 0. The van der Waals surface area contributed by atoms with E-state index in [1.807, 2.05) is 12.1 Å². The molecule has 0 aliphatic heterocycles. The van der Waals surface area contributed by atoms with Crippen LogP contribution in [0.3, 0.4) is 0 Å². The van der Waals surface area contributed by atoms with Crippen LogP contribution in [0, 0.1) is 21.7 Å². The van der Waals surface area contributed by atoms with E-state index >= 15 is 0 Å². The van der Waals surface area contributed by atoms with Gasteiger partial charge in [0.2, 0.25) is 0 Å². The third-order valence-electron chi connectivity index (χ3n) is 8.89. The van der Waals surface area contributed by atoms with Crippen LogP contribution in [0.2, 0.25) is 0 Å². The first kappa shape index (κ1) is 27.7. The molecule has 37 heavy (non-hydrogen) atoms. The average molecular weight is 533 g/mol. The minimum absolute atomic E-state index is 0.0751. The minimum Gasteiger partial charge on any atom is -0.429 e. The van der Waals surface area contributed by atoms with Gasteiger partial charge in [-0.2, -0.15) is 0 Å². The molecule has 4 heteroatoms. The van der Waals surface area contributed by atoms with Crippen molar-refractivity contribution in [2.24, 2.45) is 21.7 Å². The smallest absolute Gasteiger partial charge is 0.141 e. The molecule has 0 aromatic heterocycles. The van der Waals surface area contributed by atoms with Crippen LogP contribution < -0.4 is 8.37 Å². The maximum absolute atomic E-state index is 5.61. The van der Waals surface area contributed by atoms with Crippen molar-refractivity contribution in [2.45, 2.75) is 61.8 Å². The molecule has 2 unspecified atom stereocenters. The molecule has 196 valence electrons. The quantitative estimate of drug-likeness (QED) is 0.301. The van der Waals surface area contributed by atoms with Gasteiger partial charge in [-0.1, -0.05) is 116 Å². The Morgan fingerprint density at radius 1 is 0.595 bits per heavy atom. The molecular weight excluding hydrogens is 492 g/mol. The summed E-state index contributed by atoms with van der Waals surface area (Å²) in [5.74, 6) is 1.49. The van der Waals surface area contributed by atoms with Crippen LogP contribution in [0.1, 0.15) is 88.8 Å². The highest BCUT2D eigenvalue weighted by Crippen LogP contribution is 2.47. The molecule has 0 heterocycles. The second-order valence-corrected chi connectivity index (χ2v) is 13.2. The number of allylic oxidation sites excluding steroid dienone is 4. The van der Waals surface area contributed by atoms with Crippen molar-refractivity contribution in [1.29, 1.82) is 0 Å². The van der Waals surface area contributed by atoms with Crippen molar-refractivity contribution in [3.8, 4) is 11.5 Å². The van der Waals surface area contributed by atoms with E-state index in [1.54, 1.807) is 0 Å². The fraction of sp³-hybridized carbons (Fsp3) is 0.394. The highest BCUT2D eigenvalue weighted by molar-refractivity contribution is 7.75. The normalized spacial score (nSPS) is 22.8. The Morgan fingerprint density at radius 3 is 1.27 bits per heavy atom. The highest BCUT2D eigenvalue weighted by atomic mass is 32.1. The molecule has 4 rings (SSSR count). The van der Waals surface area contributed by atoms with Crippen LogP contribution in [0.15, 0.2) is 48.6 Å². The van der Waals surface area contributed by atoms with E-state index in [-0.39, 0.29) is 21.7 Å². The molecule has 2 aromatic rings. The molecule has 0 saturated heterocycles. The summed E-state index contributed by atoms with van der Waals surface area (Å²) in [6.45, 7) is 18.2. The zero-order chi connectivity index (χ0) is 27.2. The lowest BCUT2D eigenvalue weighted by Crippen LogP contribution is -2.28. The Kier molecular flexibility index (Phi) is 7.33. The van der Waals surface area contributed by atoms with Crippen molar-refractivity contribution < 1.29 is 8.37 Å². The van der Waals surface area contributed by atoms with E-state index in [1.165, 1.54) is 11.1 Å². The molecule has 0 spiro atoms. The van der Waals surface area contributed by atoms with Gasteiger partial charge < -0.3 is 8.37 Å². The number of benzene rings is 2. The Hall–Kier alpha value is -2.30. The lowest BCUT2D eigenvalue weighted by molar-refractivity contribution is 0.230. The monoisotopic (exact) mass is 532 g/mol. The van der Waals surface area contributed by atoms with Crippen molar-refractivity contribution >= 4 is 50.1 Å². The maximum Gasteiger partial charge on any atom is 0.141 e. The Bertz CT molecular complexity index is 1220. The van der Waals surface area contributed by atoms with Gasteiger partial charge in [-0.25, -0.2) is 0 Å². The third-order valence-corrected chi connectivity index (χ3v) is 9.28. The molecule has 2 nitrogen and oxygen atoms in total. The van der Waals surface area contributed by atoms with Crippen LogP contribution in [0.4, 0.5) is 0 Å². The van der Waals surface area contributed by atoms with E-state index in [0.29, 0.717) is 6.42 Å². The Balaban J connectivity index is 1.89. The summed E-state index contributed by atoms with van der Waals surface area (Å²) in [7, 11) is 0. The van der Waals surface area contributed by atoms with Gasteiger partial charge in [0.15, 0.2) is 0 Å². The van der Waals surface area contributed by atoms with Crippen LogP contribution in [0.5, 0.6) is 11.5 Å². The molecule has 2 aliphatic carbocycles. The molecule has 2 aromatic carbocycles. The Labute approximate surface area is 234 Å². The molecule has 0 N–H and O–H groups in total. The molecule has 0 fully saturated rings. The van der Waals surface area contributed by atoms with E-state index in [4.69, 9.17) is 8.37 Å². The van der Waals surface area contributed by atoms with Crippen molar-refractivity contribution in [1.82, 2.24) is 0 Å². The summed E-state index contributed by atoms with van der Waals surface area (Å²) in [5.41, 5.74) is 6.76. The molecule has 0 bridgehead atoms. The van der Waals surface area contributed by atoms with Gasteiger partial charge in [0, 0.05) is 54.2 Å². The lowest BCUT2D eigenvalue weighted by Gasteiger charge is -2.37.